The van der Waals surface area contributed by atoms with Crippen LogP contribution in [0.4, 0.5) is 5.69 Å². The van der Waals surface area contributed by atoms with E-state index in [1.165, 1.54) is 4.57 Å². The molecule has 2 N–H and O–H groups in total. The maximum Gasteiger partial charge on any atom is 0.307 e. The monoisotopic (exact) mass is 305 g/mol. The summed E-state index contributed by atoms with van der Waals surface area (Å²) in [4.78, 5) is 34.7. The Hall–Kier alpha value is -2.41. The molecular weight excluding hydrogens is 290 g/mol. The van der Waals surface area contributed by atoms with Gasteiger partial charge in [0, 0.05) is 29.4 Å². The first kappa shape index (κ1) is 15.0. The van der Waals surface area contributed by atoms with Crippen molar-refractivity contribution in [1.82, 2.24) is 9.88 Å². The second-order valence-electron chi connectivity index (χ2n) is 4.43. The fraction of sp³-hybridized carbons (Fsp3) is 0.214. The summed E-state index contributed by atoms with van der Waals surface area (Å²) in [7, 11) is 1.55. The van der Waals surface area contributed by atoms with Gasteiger partial charge in [-0.1, -0.05) is 11.3 Å². The Morgan fingerprint density at radius 1 is 1.24 bits per heavy atom. The summed E-state index contributed by atoms with van der Waals surface area (Å²) in [5.41, 5.74) is 1.85. The molecular formula is C14H15N3O3S. The fourth-order valence-corrected chi connectivity index (χ4v) is 2.52. The molecule has 0 aliphatic heterocycles. The van der Waals surface area contributed by atoms with Crippen molar-refractivity contribution in [3.8, 4) is 0 Å². The van der Waals surface area contributed by atoms with E-state index in [0.717, 1.165) is 17.0 Å². The molecule has 7 heteroatoms. The zero-order chi connectivity index (χ0) is 15.4. The molecule has 2 rings (SSSR count). The Morgan fingerprint density at radius 3 is 2.43 bits per heavy atom. The largest absolute Gasteiger partial charge is 0.355 e. The average Bonchev–Trinajstić information content (AvgIpc) is 2.79. The lowest BCUT2D eigenvalue weighted by Crippen LogP contribution is -2.25. The average molecular weight is 305 g/mol. The molecule has 1 aromatic heterocycles. The standard InChI is InChI=1S/C14H15N3O3S/c1-9-8-21-14(20)17(9)7-12(18)16-11-5-3-10(4-6-11)13(19)15-2/h3-6,8H,7H2,1-2H3,(H,15,19)(H,16,18). The van der Waals surface area contributed by atoms with Gasteiger partial charge in [0.05, 0.1) is 0 Å². The summed E-state index contributed by atoms with van der Waals surface area (Å²) in [6.07, 6.45) is 0. The summed E-state index contributed by atoms with van der Waals surface area (Å²) in [6.45, 7) is 1.76. The lowest BCUT2D eigenvalue weighted by molar-refractivity contribution is -0.116. The molecule has 0 saturated heterocycles. The highest BCUT2D eigenvalue weighted by atomic mass is 32.1. The number of amides is 2. The molecule has 2 aromatic rings. The maximum atomic E-state index is 11.9. The van der Waals surface area contributed by atoms with E-state index in [0.29, 0.717) is 11.3 Å². The summed E-state index contributed by atoms with van der Waals surface area (Å²) in [5, 5.41) is 6.93. The van der Waals surface area contributed by atoms with Crippen LogP contribution in [0, 0.1) is 6.92 Å². The van der Waals surface area contributed by atoms with Crippen LogP contribution < -0.4 is 15.5 Å². The van der Waals surface area contributed by atoms with E-state index < -0.39 is 0 Å². The summed E-state index contributed by atoms with van der Waals surface area (Å²) < 4.78 is 1.42. The van der Waals surface area contributed by atoms with Gasteiger partial charge in [-0.05, 0) is 31.2 Å². The van der Waals surface area contributed by atoms with E-state index in [2.05, 4.69) is 10.6 Å². The summed E-state index contributed by atoms with van der Waals surface area (Å²) in [5.74, 6) is -0.473. The molecule has 0 spiro atoms. The predicted octanol–water partition coefficient (Wildman–Crippen LogP) is 1.22. The lowest BCUT2D eigenvalue weighted by Gasteiger charge is -2.07. The van der Waals surface area contributed by atoms with Crippen LogP contribution in [0.3, 0.4) is 0 Å². The van der Waals surface area contributed by atoms with Crippen LogP contribution in [0.1, 0.15) is 16.1 Å². The number of anilines is 1. The van der Waals surface area contributed by atoms with E-state index in [1.807, 2.05) is 0 Å². The Balaban J connectivity index is 2.03. The Kier molecular flexibility index (Phi) is 4.54. The van der Waals surface area contributed by atoms with Crippen LogP contribution in [-0.4, -0.2) is 23.4 Å². The van der Waals surface area contributed by atoms with Crippen molar-refractivity contribution in [1.29, 1.82) is 0 Å². The smallest absolute Gasteiger partial charge is 0.307 e. The molecule has 110 valence electrons. The molecule has 0 unspecified atom stereocenters. The summed E-state index contributed by atoms with van der Waals surface area (Å²) >= 11 is 1.07. The number of hydrogen-bond donors (Lipinski definition) is 2. The van der Waals surface area contributed by atoms with Gasteiger partial charge in [-0.2, -0.15) is 0 Å². The number of hydrogen-bond acceptors (Lipinski definition) is 4. The quantitative estimate of drug-likeness (QED) is 0.891. The number of nitrogens with one attached hydrogen (secondary N) is 2. The van der Waals surface area contributed by atoms with Gasteiger partial charge < -0.3 is 10.6 Å². The molecule has 0 bridgehead atoms. The van der Waals surface area contributed by atoms with E-state index in [1.54, 1.807) is 43.6 Å². The van der Waals surface area contributed by atoms with Gasteiger partial charge in [-0.25, -0.2) is 0 Å². The number of aryl methyl sites for hydroxylation is 1. The van der Waals surface area contributed by atoms with Gasteiger partial charge >= 0.3 is 4.87 Å². The number of benzene rings is 1. The second-order valence-corrected chi connectivity index (χ2v) is 5.25. The van der Waals surface area contributed by atoms with Gasteiger partial charge in [0.15, 0.2) is 0 Å². The molecule has 0 aliphatic carbocycles. The minimum absolute atomic E-state index is 0.0225. The van der Waals surface area contributed by atoms with Crippen molar-refractivity contribution < 1.29 is 9.59 Å². The summed E-state index contributed by atoms with van der Waals surface area (Å²) in [6, 6.07) is 6.53. The number of thiazole rings is 1. The molecule has 6 nitrogen and oxygen atoms in total. The third-order valence-electron chi connectivity index (χ3n) is 2.94. The molecule has 21 heavy (non-hydrogen) atoms. The SMILES string of the molecule is CNC(=O)c1ccc(NC(=O)Cn2c(C)csc2=O)cc1. The Morgan fingerprint density at radius 2 is 1.90 bits per heavy atom. The molecule has 0 atom stereocenters. The minimum Gasteiger partial charge on any atom is -0.355 e. The van der Waals surface area contributed by atoms with Crippen LogP contribution in [0.2, 0.25) is 0 Å². The number of carbonyl (C=O) groups excluding carboxylic acids is 2. The predicted molar refractivity (Wildman–Crippen MR) is 81.8 cm³/mol. The second kappa shape index (κ2) is 6.36. The third kappa shape index (κ3) is 3.57. The van der Waals surface area contributed by atoms with Crippen molar-refractivity contribution >= 4 is 28.8 Å². The number of rotatable bonds is 4. The molecule has 2 amide bonds. The van der Waals surface area contributed by atoms with E-state index in [9.17, 15) is 14.4 Å². The topological polar surface area (TPSA) is 80.2 Å². The van der Waals surface area contributed by atoms with E-state index in [-0.39, 0.29) is 23.2 Å². The first-order valence-corrected chi connectivity index (χ1v) is 7.16. The first-order valence-electron chi connectivity index (χ1n) is 6.28. The highest BCUT2D eigenvalue weighted by Crippen LogP contribution is 2.10. The number of carbonyl (C=O) groups is 2. The van der Waals surface area contributed by atoms with Gasteiger partial charge in [-0.15, -0.1) is 0 Å². The van der Waals surface area contributed by atoms with Crippen molar-refractivity contribution in [2.24, 2.45) is 0 Å². The van der Waals surface area contributed by atoms with Gasteiger partial charge in [0.1, 0.15) is 6.54 Å². The van der Waals surface area contributed by atoms with Gasteiger partial charge in [0.25, 0.3) is 5.91 Å². The highest BCUT2D eigenvalue weighted by molar-refractivity contribution is 7.07. The van der Waals surface area contributed by atoms with Gasteiger partial charge in [-0.3, -0.25) is 19.0 Å². The van der Waals surface area contributed by atoms with Crippen molar-refractivity contribution in [2.45, 2.75) is 13.5 Å². The van der Waals surface area contributed by atoms with Crippen molar-refractivity contribution in [2.75, 3.05) is 12.4 Å². The van der Waals surface area contributed by atoms with Crippen LogP contribution in [0.15, 0.2) is 34.4 Å². The van der Waals surface area contributed by atoms with Crippen molar-refractivity contribution in [3.05, 3.63) is 50.6 Å². The lowest BCUT2D eigenvalue weighted by atomic mass is 10.2. The van der Waals surface area contributed by atoms with Crippen molar-refractivity contribution in [3.63, 3.8) is 0 Å². The minimum atomic E-state index is -0.286. The Labute approximate surface area is 125 Å². The molecule has 0 saturated carbocycles. The fourth-order valence-electron chi connectivity index (χ4n) is 1.79. The molecule has 1 heterocycles. The Bertz CT molecular complexity index is 716. The van der Waals surface area contributed by atoms with Crippen LogP contribution >= 0.6 is 11.3 Å². The molecule has 1 aromatic carbocycles. The molecule has 0 aliphatic rings. The van der Waals surface area contributed by atoms with Gasteiger partial charge in [0.2, 0.25) is 5.91 Å². The van der Waals surface area contributed by atoms with E-state index >= 15 is 0 Å². The zero-order valence-electron chi connectivity index (χ0n) is 11.7. The molecule has 0 radical (unpaired) electrons. The molecule has 0 fully saturated rings. The highest BCUT2D eigenvalue weighted by Gasteiger charge is 2.09. The van der Waals surface area contributed by atoms with Crippen LogP contribution in [0.5, 0.6) is 0 Å². The normalized spacial score (nSPS) is 10.2. The first-order chi connectivity index (χ1) is 10.0. The van der Waals surface area contributed by atoms with E-state index in [4.69, 9.17) is 0 Å². The van der Waals surface area contributed by atoms with Crippen LogP contribution in [0.25, 0.3) is 0 Å². The van der Waals surface area contributed by atoms with Crippen LogP contribution in [-0.2, 0) is 11.3 Å². The number of nitrogens with zero attached hydrogens (tertiary/aromatic N) is 1. The maximum absolute atomic E-state index is 11.9. The zero-order valence-corrected chi connectivity index (χ0v) is 12.5. The number of aromatic nitrogens is 1. The third-order valence-corrected chi connectivity index (χ3v) is 3.82.